The zero-order chi connectivity index (χ0) is 14.8. The molecule has 0 fully saturated rings. The molecule has 0 atom stereocenters. The first kappa shape index (κ1) is 13.8. The number of hydrogen-bond acceptors (Lipinski definition) is 5. The summed E-state index contributed by atoms with van der Waals surface area (Å²) in [6.07, 6.45) is 0. The number of fused-ring (bicyclic) bond motifs is 1. The normalized spacial score (nSPS) is 11.0. The minimum atomic E-state index is -0.172. The SMILES string of the molecule is CN(Cc1nc2ccccc2s1)C(=O)c1ccc(CN)o1. The van der Waals surface area contributed by atoms with Gasteiger partial charge in [0.15, 0.2) is 5.76 Å². The van der Waals surface area contributed by atoms with Gasteiger partial charge in [-0.3, -0.25) is 4.79 Å². The van der Waals surface area contributed by atoms with Crippen LogP contribution in [-0.4, -0.2) is 22.8 Å². The average molecular weight is 301 g/mol. The molecule has 1 aromatic carbocycles. The Labute approximate surface area is 126 Å². The van der Waals surface area contributed by atoms with Crippen molar-refractivity contribution in [3.63, 3.8) is 0 Å². The lowest BCUT2D eigenvalue weighted by Gasteiger charge is -2.13. The maximum atomic E-state index is 12.3. The topological polar surface area (TPSA) is 72.4 Å². The van der Waals surface area contributed by atoms with Gasteiger partial charge in [-0.05, 0) is 24.3 Å². The van der Waals surface area contributed by atoms with Crippen molar-refractivity contribution in [3.05, 3.63) is 52.9 Å². The highest BCUT2D eigenvalue weighted by molar-refractivity contribution is 7.18. The molecule has 21 heavy (non-hydrogen) atoms. The Hall–Kier alpha value is -2.18. The second-order valence-electron chi connectivity index (χ2n) is 4.71. The Kier molecular flexibility index (Phi) is 3.72. The first-order chi connectivity index (χ1) is 10.2. The molecule has 2 aromatic heterocycles. The average Bonchev–Trinajstić information content (AvgIpc) is 3.12. The highest BCUT2D eigenvalue weighted by atomic mass is 32.1. The number of aromatic nitrogens is 1. The summed E-state index contributed by atoms with van der Waals surface area (Å²) in [7, 11) is 1.74. The zero-order valence-corrected chi connectivity index (χ0v) is 12.4. The van der Waals surface area contributed by atoms with Crippen LogP contribution in [0, 0.1) is 0 Å². The lowest BCUT2D eigenvalue weighted by atomic mass is 10.3. The number of furan rings is 1. The summed E-state index contributed by atoms with van der Waals surface area (Å²) >= 11 is 1.59. The predicted octanol–water partition coefficient (Wildman–Crippen LogP) is 2.62. The minimum absolute atomic E-state index is 0.172. The number of para-hydroxylation sites is 1. The molecule has 0 aliphatic carbocycles. The fraction of sp³-hybridized carbons (Fsp3) is 0.200. The molecule has 6 heteroatoms. The van der Waals surface area contributed by atoms with Gasteiger partial charge in [0.25, 0.3) is 5.91 Å². The summed E-state index contributed by atoms with van der Waals surface area (Å²) in [6.45, 7) is 0.742. The van der Waals surface area contributed by atoms with E-state index in [1.807, 2.05) is 24.3 Å². The third kappa shape index (κ3) is 2.81. The first-order valence-corrected chi connectivity index (χ1v) is 7.37. The number of benzene rings is 1. The molecule has 2 heterocycles. The first-order valence-electron chi connectivity index (χ1n) is 6.56. The second kappa shape index (κ2) is 5.67. The van der Waals surface area contributed by atoms with Crippen LogP contribution in [-0.2, 0) is 13.1 Å². The molecule has 0 bridgehead atoms. The van der Waals surface area contributed by atoms with Crippen molar-refractivity contribution in [3.8, 4) is 0 Å². The Balaban J connectivity index is 1.75. The number of hydrogen-bond donors (Lipinski definition) is 1. The van der Waals surface area contributed by atoms with Crippen LogP contribution in [0.15, 0.2) is 40.8 Å². The van der Waals surface area contributed by atoms with E-state index in [0.717, 1.165) is 15.2 Å². The number of nitrogens with two attached hydrogens (primary N) is 1. The Morgan fingerprint density at radius 1 is 1.33 bits per heavy atom. The third-order valence-corrected chi connectivity index (χ3v) is 4.15. The van der Waals surface area contributed by atoms with Crippen molar-refractivity contribution in [1.82, 2.24) is 9.88 Å². The van der Waals surface area contributed by atoms with Crippen LogP contribution in [0.1, 0.15) is 21.3 Å². The van der Waals surface area contributed by atoms with E-state index in [0.29, 0.717) is 18.1 Å². The molecule has 1 amide bonds. The number of carbonyl (C=O) groups is 1. The van der Waals surface area contributed by atoms with E-state index in [1.54, 1.807) is 35.4 Å². The fourth-order valence-electron chi connectivity index (χ4n) is 2.05. The number of carbonyl (C=O) groups excluding carboxylic acids is 1. The Morgan fingerprint density at radius 3 is 2.86 bits per heavy atom. The summed E-state index contributed by atoms with van der Waals surface area (Å²) < 4.78 is 6.50. The maximum Gasteiger partial charge on any atom is 0.289 e. The smallest absolute Gasteiger partial charge is 0.289 e. The zero-order valence-electron chi connectivity index (χ0n) is 11.6. The van der Waals surface area contributed by atoms with Gasteiger partial charge in [-0.15, -0.1) is 11.3 Å². The molecular formula is C15H15N3O2S. The van der Waals surface area contributed by atoms with Crippen LogP contribution in [0.25, 0.3) is 10.2 Å². The Bertz CT molecular complexity index is 745. The van der Waals surface area contributed by atoms with Crippen molar-refractivity contribution < 1.29 is 9.21 Å². The predicted molar refractivity (Wildman–Crippen MR) is 82.0 cm³/mol. The van der Waals surface area contributed by atoms with Gasteiger partial charge >= 0.3 is 0 Å². The highest BCUT2D eigenvalue weighted by Crippen LogP contribution is 2.22. The van der Waals surface area contributed by atoms with Crippen LogP contribution in [0.5, 0.6) is 0 Å². The molecule has 0 spiro atoms. The van der Waals surface area contributed by atoms with Gasteiger partial charge in [0.2, 0.25) is 0 Å². The van der Waals surface area contributed by atoms with Crippen molar-refractivity contribution in [2.24, 2.45) is 5.73 Å². The van der Waals surface area contributed by atoms with E-state index in [4.69, 9.17) is 10.2 Å². The van der Waals surface area contributed by atoms with Crippen molar-refractivity contribution in [2.75, 3.05) is 7.05 Å². The molecule has 0 saturated carbocycles. The molecule has 3 aromatic rings. The molecule has 3 rings (SSSR count). The van der Waals surface area contributed by atoms with Crippen LogP contribution in [0.3, 0.4) is 0 Å². The van der Waals surface area contributed by atoms with E-state index in [9.17, 15) is 4.79 Å². The monoisotopic (exact) mass is 301 g/mol. The van der Waals surface area contributed by atoms with Crippen LogP contribution in [0.4, 0.5) is 0 Å². The van der Waals surface area contributed by atoms with Crippen molar-refractivity contribution >= 4 is 27.5 Å². The molecule has 0 saturated heterocycles. The summed E-state index contributed by atoms with van der Waals surface area (Å²) in [4.78, 5) is 18.4. The molecule has 108 valence electrons. The largest absolute Gasteiger partial charge is 0.455 e. The number of rotatable bonds is 4. The molecule has 0 aliphatic rings. The number of thiazole rings is 1. The maximum absolute atomic E-state index is 12.3. The molecule has 5 nitrogen and oxygen atoms in total. The van der Waals surface area contributed by atoms with Crippen LogP contribution < -0.4 is 5.73 Å². The van der Waals surface area contributed by atoms with E-state index < -0.39 is 0 Å². The van der Waals surface area contributed by atoms with Gasteiger partial charge in [-0.25, -0.2) is 4.98 Å². The summed E-state index contributed by atoms with van der Waals surface area (Å²) in [5.74, 6) is 0.736. The standard InChI is InChI=1S/C15H15N3O2S/c1-18(15(19)12-7-6-10(8-16)20-12)9-14-17-11-4-2-3-5-13(11)21-14/h2-7H,8-9,16H2,1H3. The van der Waals surface area contributed by atoms with E-state index in [2.05, 4.69) is 4.98 Å². The van der Waals surface area contributed by atoms with Gasteiger partial charge in [0, 0.05) is 7.05 Å². The van der Waals surface area contributed by atoms with Gasteiger partial charge in [-0.1, -0.05) is 12.1 Å². The van der Waals surface area contributed by atoms with E-state index in [1.165, 1.54) is 0 Å². The van der Waals surface area contributed by atoms with Crippen LogP contribution >= 0.6 is 11.3 Å². The molecule has 0 unspecified atom stereocenters. The molecule has 2 N–H and O–H groups in total. The minimum Gasteiger partial charge on any atom is -0.455 e. The third-order valence-electron chi connectivity index (χ3n) is 3.13. The summed E-state index contributed by atoms with van der Waals surface area (Å²) in [5, 5.41) is 0.901. The fourth-order valence-corrected chi connectivity index (χ4v) is 3.07. The highest BCUT2D eigenvalue weighted by Gasteiger charge is 2.17. The van der Waals surface area contributed by atoms with Crippen molar-refractivity contribution in [2.45, 2.75) is 13.1 Å². The van der Waals surface area contributed by atoms with Gasteiger partial charge in [0.1, 0.15) is 10.8 Å². The summed E-state index contributed by atoms with van der Waals surface area (Å²) in [5.41, 5.74) is 6.44. The summed E-state index contributed by atoms with van der Waals surface area (Å²) in [6, 6.07) is 11.3. The van der Waals surface area contributed by atoms with Gasteiger partial charge in [0.05, 0.1) is 23.3 Å². The van der Waals surface area contributed by atoms with Gasteiger partial charge in [-0.2, -0.15) is 0 Å². The molecule has 0 radical (unpaired) electrons. The van der Waals surface area contributed by atoms with Gasteiger partial charge < -0.3 is 15.1 Å². The van der Waals surface area contributed by atoms with E-state index >= 15 is 0 Å². The lowest BCUT2D eigenvalue weighted by Crippen LogP contribution is -2.25. The molecular weight excluding hydrogens is 286 g/mol. The molecule has 0 aliphatic heterocycles. The number of nitrogens with zero attached hydrogens (tertiary/aromatic N) is 2. The van der Waals surface area contributed by atoms with Crippen molar-refractivity contribution in [1.29, 1.82) is 0 Å². The second-order valence-corrected chi connectivity index (χ2v) is 5.82. The quantitative estimate of drug-likeness (QED) is 0.804. The lowest BCUT2D eigenvalue weighted by molar-refractivity contribution is 0.0751. The van der Waals surface area contributed by atoms with E-state index in [-0.39, 0.29) is 12.5 Å². The Morgan fingerprint density at radius 2 is 2.14 bits per heavy atom. The van der Waals surface area contributed by atoms with Crippen LogP contribution in [0.2, 0.25) is 0 Å². The number of amides is 1.